The predicted octanol–water partition coefficient (Wildman–Crippen LogP) is -0.998. The zero-order chi connectivity index (χ0) is 13.2. The van der Waals surface area contributed by atoms with Crippen LogP contribution in [0.2, 0.25) is 0 Å². The molecular weight excluding hydrogens is 254 g/mol. The fraction of sp³-hybridized carbons (Fsp3) is 0.700. The Morgan fingerprint density at radius 3 is 2.67 bits per heavy atom. The lowest BCUT2D eigenvalue weighted by atomic mass is 10.4. The maximum Gasteiger partial charge on any atom is 0.282 e. The van der Waals surface area contributed by atoms with Crippen LogP contribution in [-0.2, 0) is 23.8 Å². The smallest absolute Gasteiger partial charge is 0.282 e. The van der Waals surface area contributed by atoms with Gasteiger partial charge in [-0.3, -0.25) is 0 Å². The number of nitrogens with one attached hydrogen (secondary N) is 1. The molecule has 1 fully saturated rings. The second kappa shape index (κ2) is 5.35. The first-order chi connectivity index (χ1) is 8.51. The van der Waals surface area contributed by atoms with Crippen LogP contribution in [0.3, 0.4) is 0 Å². The van der Waals surface area contributed by atoms with Gasteiger partial charge in [0.2, 0.25) is 0 Å². The molecule has 0 bridgehead atoms. The molecular formula is C10H19N5O2S. The SMILES string of the molecule is CN(Cc1nccn1C)S(=O)(=O)N1CCNCC1. The van der Waals surface area contributed by atoms with E-state index in [0.29, 0.717) is 26.2 Å². The van der Waals surface area contributed by atoms with E-state index in [9.17, 15) is 8.42 Å². The summed E-state index contributed by atoms with van der Waals surface area (Å²) in [5.74, 6) is 0.733. The predicted molar refractivity (Wildman–Crippen MR) is 68.0 cm³/mol. The van der Waals surface area contributed by atoms with E-state index < -0.39 is 10.2 Å². The average molecular weight is 273 g/mol. The summed E-state index contributed by atoms with van der Waals surface area (Å²) in [6.45, 7) is 2.74. The van der Waals surface area contributed by atoms with Crippen LogP contribution < -0.4 is 5.32 Å². The molecule has 1 N–H and O–H groups in total. The zero-order valence-electron chi connectivity index (χ0n) is 10.7. The number of nitrogens with zero attached hydrogens (tertiary/aromatic N) is 4. The van der Waals surface area contributed by atoms with Crippen LogP contribution in [0.4, 0.5) is 0 Å². The topological polar surface area (TPSA) is 70.5 Å². The molecule has 0 atom stereocenters. The van der Waals surface area contributed by atoms with Crippen molar-refractivity contribution in [2.45, 2.75) is 6.54 Å². The number of piperazine rings is 1. The molecule has 2 rings (SSSR count). The summed E-state index contributed by atoms with van der Waals surface area (Å²) in [6, 6.07) is 0. The minimum absolute atomic E-state index is 0.287. The molecule has 2 heterocycles. The second-order valence-electron chi connectivity index (χ2n) is 4.37. The van der Waals surface area contributed by atoms with Gasteiger partial charge < -0.3 is 9.88 Å². The summed E-state index contributed by atoms with van der Waals surface area (Å²) in [6.07, 6.45) is 3.47. The van der Waals surface area contributed by atoms with Crippen molar-refractivity contribution in [1.29, 1.82) is 0 Å². The van der Waals surface area contributed by atoms with Crippen molar-refractivity contribution in [3.8, 4) is 0 Å². The molecule has 0 unspecified atom stereocenters. The van der Waals surface area contributed by atoms with Gasteiger partial charge in [-0.1, -0.05) is 0 Å². The third-order valence-electron chi connectivity index (χ3n) is 3.08. The summed E-state index contributed by atoms with van der Waals surface area (Å²) >= 11 is 0. The van der Waals surface area contributed by atoms with Crippen LogP contribution in [0.25, 0.3) is 0 Å². The summed E-state index contributed by atoms with van der Waals surface area (Å²) in [7, 11) is 0.0626. The van der Waals surface area contributed by atoms with Crippen molar-refractivity contribution >= 4 is 10.2 Å². The highest BCUT2D eigenvalue weighted by atomic mass is 32.2. The lowest BCUT2D eigenvalue weighted by Gasteiger charge is -2.30. The third kappa shape index (κ3) is 2.72. The summed E-state index contributed by atoms with van der Waals surface area (Å²) in [5, 5.41) is 3.14. The zero-order valence-corrected chi connectivity index (χ0v) is 11.5. The highest BCUT2D eigenvalue weighted by molar-refractivity contribution is 7.86. The molecule has 0 saturated carbocycles. The van der Waals surface area contributed by atoms with Gasteiger partial charge in [0.1, 0.15) is 5.82 Å². The number of imidazole rings is 1. The minimum atomic E-state index is -3.38. The number of hydrogen-bond acceptors (Lipinski definition) is 4. The largest absolute Gasteiger partial charge is 0.337 e. The van der Waals surface area contributed by atoms with E-state index in [0.717, 1.165) is 5.82 Å². The van der Waals surface area contributed by atoms with Crippen LogP contribution >= 0.6 is 0 Å². The number of hydrogen-bond donors (Lipinski definition) is 1. The summed E-state index contributed by atoms with van der Waals surface area (Å²) in [4.78, 5) is 4.14. The maximum absolute atomic E-state index is 12.3. The van der Waals surface area contributed by atoms with Gasteiger partial charge in [-0.2, -0.15) is 17.0 Å². The summed E-state index contributed by atoms with van der Waals surface area (Å²) in [5.41, 5.74) is 0. The van der Waals surface area contributed by atoms with Gasteiger partial charge >= 0.3 is 0 Å². The van der Waals surface area contributed by atoms with Crippen molar-refractivity contribution in [3.63, 3.8) is 0 Å². The Bertz CT molecular complexity index is 492. The Hall–Kier alpha value is -0.960. The van der Waals surface area contributed by atoms with Crippen LogP contribution in [0.15, 0.2) is 12.4 Å². The quantitative estimate of drug-likeness (QED) is 0.764. The summed E-state index contributed by atoms with van der Waals surface area (Å²) < 4.78 is 29.3. The van der Waals surface area contributed by atoms with Gasteiger partial charge in [0.05, 0.1) is 6.54 Å². The van der Waals surface area contributed by atoms with Gasteiger partial charge in [0, 0.05) is 52.7 Å². The highest BCUT2D eigenvalue weighted by Gasteiger charge is 2.28. The molecule has 0 aromatic carbocycles. The normalized spacial score (nSPS) is 18.4. The molecule has 0 aliphatic carbocycles. The first kappa shape index (κ1) is 13.5. The van der Waals surface area contributed by atoms with Crippen molar-refractivity contribution in [3.05, 3.63) is 18.2 Å². The minimum Gasteiger partial charge on any atom is -0.337 e. The maximum atomic E-state index is 12.3. The average Bonchev–Trinajstić information content (AvgIpc) is 2.76. The van der Waals surface area contributed by atoms with E-state index in [2.05, 4.69) is 10.3 Å². The Morgan fingerprint density at radius 1 is 1.44 bits per heavy atom. The van der Waals surface area contributed by atoms with Crippen molar-refractivity contribution in [1.82, 2.24) is 23.5 Å². The van der Waals surface area contributed by atoms with E-state index in [1.807, 2.05) is 11.6 Å². The van der Waals surface area contributed by atoms with E-state index in [1.54, 1.807) is 19.4 Å². The number of aromatic nitrogens is 2. The molecule has 0 amide bonds. The van der Waals surface area contributed by atoms with Crippen molar-refractivity contribution in [2.75, 3.05) is 33.2 Å². The molecule has 102 valence electrons. The Kier molecular flexibility index (Phi) is 4.00. The van der Waals surface area contributed by atoms with Crippen molar-refractivity contribution < 1.29 is 8.42 Å². The molecule has 0 spiro atoms. The van der Waals surface area contributed by atoms with Gasteiger partial charge in [0.25, 0.3) is 10.2 Å². The fourth-order valence-corrected chi connectivity index (χ4v) is 3.22. The van der Waals surface area contributed by atoms with Gasteiger partial charge in [0.15, 0.2) is 0 Å². The lowest BCUT2D eigenvalue weighted by Crippen LogP contribution is -2.50. The Morgan fingerprint density at radius 2 is 2.11 bits per heavy atom. The van der Waals surface area contributed by atoms with E-state index in [4.69, 9.17) is 0 Å². The van der Waals surface area contributed by atoms with Crippen LogP contribution in [0, 0.1) is 0 Å². The van der Waals surface area contributed by atoms with Gasteiger partial charge in [-0.15, -0.1) is 0 Å². The molecule has 18 heavy (non-hydrogen) atoms. The molecule has 1 aliphatic rings. The van der Waals surface area contributed by atoms with E-state index in [-0.39, 0.29) is 6.54 Å². The third-order valence-corrected chi connectivity index (χ3v) is 5.02. The standard InChI is InChI=1S/C10H19N5O2S/c1-13-6-5-12-10(13)9-14(2)18(16,17)15-7-3-11-4-8-15/h5-6,11H,3-4,7-9H2,1-2H3. The van der Waals surface area contributed by atoms with Crippen molar-refractivity contribution in [2.24, 2.45) is 7.05 Å². The number of aryl methyl sites for hydroxylation is 1. The molecule has 8 heteroatoms. The molecule has 1 aromatic heterocycles. The fourth-order valence-electron chi connectivity index (χ4n) is 1.90. The first-order valence-electron chi connectivity index (χ1n) is 5.90. The second-order valence-corrected chi connectivity index (χ2v) is 6.40. The van der Waals surface area contributed by atoms with Crippen LogP contribution in [0.5, 0.6) is 0 Å². The molecule has 1 aromatic rings. The Balaban J connectivity index is 2.07. The lowest BCUT2D eigenvalue weighted by molar-refractivity contribution is 0.322. The van der Waals surface area contributed by atoms with Crippen LogP contribution in [0.1, 0.15) is 5.82 Å². The first-order valence-corrected chi connectivity index (χ1v) is 7.30. The van der Waals surface area contributed by atoms with Crippen LogP contribution in [-0.4, -0.2) is 59.8 Å². The highest BCUT2D eigenvalue weighted by Crippen LogP contribution is 2.10. The van der Waals surface area contributed by atoms with Gasteiger partial charge in [-0.05, 0) is 0 Å². The molecule has 1 saturated heterocycles. The molecule has 1 aliphatic heterocycles. The van der Waals surface area contributed by atoms with E-state index in [1.165, 1.54) is 8.61 Å². The monoisotopic (exact) mass is 273 g/mol. The van der Waals surface area contributed by atoms with E-state index >= 15 is 0 Å². The van der Waals surface area contributed by atoms with Gasteiger partial charge in [-0.25, -0.2) is 4.98 Å². The number of rotatable bonds is 4. The molecule has 0 radical (unpaired) electrons. The Labute approximate surface area is 108 Å². The molecule has 7 nitrogen and oxygen atoms in total.